The molecule has 3 aromatic rings. The summed E-state index contributed by atoms with van der Waals surface area (Å²) < 4.78 is 5.51. The first kappa shape index (κ1) is 37.4. The number of aromatic amines is 1. The van der Waals surface area contributed by atoms with Crippen molar-refractivity contribution in [2.45, 2.75) is 96.4 Å². The SMILES string of the molecule is CC(C)[C@H](NC(=O)C(CC=Cc1ccccc1)CC(O)C(Cc1ccccc1)NC(=O)OC(C)(C)C)C(=O)N1CCC(c2ncc[nH]2)CC1. The van der Waals surface area contributed by atoms with Gasteiger partial charge in [-0.2, -0.15) is 0 Å². The number of hydrogen-bond acceptors (Lipinski definition) is 6. The first-order chi connectivity index (χ1) is 23.4. The van der Waals surface area contributed by atoms with Crippen molar-refractivity contribution in [1.82, 2.24) is 25.5 Å². The second kappa shape index (κ2) is 17.8. The van der Waals surface area contributed by atoms with Gasteiger partial charge in [0.05, 0.1) is 12.1 Å². The second-order valence-corrected chi connectivity index (χ2v) is 14.3. The van der Waals surface area contributed by atoms with Gasteiger partial charge in [0.15, 0.2) is 0 Å². The number of piperidine rings is 1. The van der Waals surface area contributed by atoms with Gasteiger partial charge in [-0.3, -0.25) is 9.59 Å². The molecule has 0 aliphatic carbocycles. The maximum absolute atomic E-state index is 14.1. The summed E-state index contributed by atoms with van der Waals surface area (Å²) >= 11 is 0. The molecule has 0 bridgehead atoms. The van der Waals surface area contributed by atoms with Crippen molar-refractivity contribution in [3.05, 3.63) is 96.1 Å². The molecule has 4 N–H and O–H groups in total. The number of alkyl carbamates (subject to hydrolysis) is 1. The van der Waals surface area contributed by atoms with E-state index in [2.05, 4.69) is 20.6 Å². The van der Waals surface area contributed by atoms with Crippen LogP contribution in [0.3, 0.4) is 0 Å². The number of nitrogens with one attached hydrogen (secondary N) is 3. The smallest absolute Gasteiger partial charge is 0.407 e. The van der Waals surface area contributed by atoms with Gasteiger partial charge in [-0.25, -0.2) is 9.78 Å². The van der Waals surface area contributed by atoms with Crippen LogP contribution in [0, 0.1) is 11.8 Å². The molecule has 1 saturated heterocycles. The Morgan fingerprint density at radius 1 is 1.02 bits per heavy atom. The third kappa shape index (κ3) is 11.9. The number of benzene rings is 2. The quantitative estimate of drug-likeness (QED) is 0.169. The second-order valence-electron chi connectivity index (χ2n) is 14.3. The van der Waals surface area contributed by atoms with E-state index < -0.39 is 35.8 Å². The average Bonchev–Trinajstić information content (AvgIpc) is 3.61. The zero-order chi connectivity index (χ0) is 35.4. The van der Waals surface area contributed by atoms with E-state index in [-0.39, 0.29) is 30.1 Å². The predicted octanol–water partition coefficient (Wildman–Crippen LogP) is 5.86. The fourth-order valence-corrected chi connectivity index (χ4v) is 6.16. The normalized spacial score (nSPS) is 16.6. The Morgan fingerprint density at radius 2 is 1.67 bits per heavy atom. The summed E-state index contributed by atoms with van der Waals surface area (Å²) in [5.41, 5.74) is 1.20. The van der Waals surface area contributed by atoms with Crippen LogP contribution in [0.2, 0.25) is 0 Å². The van der Waals surface area contributed by atoms with E-state index in [0.29, 0.717) is 25.9 Å². The molecular weight excluding hydrogens is 618 g/mol. The minimum Gasteiger partial charge on any atom is -0.444 e. The summed E-state index contributed by atoms with van der Waals surface area (Å²) in [5, 5.41) is 17.6. The molecule has 1 aliphatic heterocycles. The molecule has 49 heavy (non-hydrogen) atoms. The lowest BCUT2D eigenvalue weighted by atomic mass is 9.89. The molecule has 1 fully saturated rings. The average molecular weight is 672 g/mol. The van der Waals surface area contributed by atoms with E-state index in [1.807, 2.05) is 97.8 Å². The van der Waals surface area contributed by atoms with Crippen molar-refractivity contribution in [2.24, 2.45) is 11.8 Å². The van der Waals surface area contributed by atoms with Crippen LogP contribution in [0.15, 0.2) is 79.1 Å². The van der Waals surface area contributed by atoms with E-state index >= 15 is 0 Å². The van der Waals surface area contributed by atoms with Crippen molar-refractivity contribution in [3.63, 3.8) is 0 Å². The van der Waals surface area contributed by atoms with Crippen LogP contribution in [-0.4, -0.2) is 74.8 Å². The van der Waals surface area contributed by atoms with Gasteiger partial charge in [0.25, 0.3) is 0 Å². The Balaban J connectivity index is 1.50. The lowest BCUT2D eigenvalue weighted by molar-refractivity contribution is -0.139. The zero-order valence-corrected chi connectivity index (χ0v) is 29.5. The molecule has 1 aliphatic rings. The van der Waals surface area contributed by atoms with E-state index in [1.165, 1.54) is 0 Å². The molecule has 0 radical (unpaired) electrons. The van der Waals surface area contributed by atoms with Gasteiger partial charge in [-0.05, 0) is 69.9 Å². The maximum atomic E-state index is 14.1. The molecule has 3 amide bonds. The first-order valence-electron chi connectivity index (χ1n) is 17.4. The van der Waals surface area contributed by atoms with Crippen molar-refractivity contribution < 1.29 is 24.2 Å². The summed E-state index contributed by atoms with van der Waals surface area (Å²) in [5.74, 6) is -0.0280. The van der Waals surface area contributed by atoms with Crippen molar-refractivity contribution in [2.75, 3.05) is 13.1 Å². The van der Waals surface area contributed by atoms with E-state index in [1.54, 1.807) is 27.0 Å². The molecule has 2 aromatic carbocycles. The maximum Gasteiger partial charge on any atom is 0.407 e. The van der Waals surface area contributed by atoms with Crippen molar-refractivity contribution in [1.29, 1.82) is 0 Å². The number of rotatable bonds is 14. The highest BCUT2D eigenvalue weighted by molar-refractivity contribution is 5.89. The largest absolute Gasteiger partial charge is 0.444 e. The number of allylic oxidation sites excluding steroid dienone is 1. The number of nitrogens with zero attached hydrogens (tertiary/aromatic N) is 2. The van der Waals surface area contributed by atoms with Gasteiger partial charge in [0.2, 0.25) is 11.8 Å². The van der Waals surface area contributed by atoms with Crippen LogP contribution in [0.5, 0.6) is 0 Å². The fourth-order valence-electron chi connectivity index (χ4n) is 6.16. The molecule has 0 saturated carbocycles. The molecule has 264 valence electrons. The van der Waals surface area contributed by atoms with Gasteiger partial charge in [0, 0.05) is 37.3 Å². The lowest BCUT2D eigenvalue weighted by Gasteiger charge is -2.35. The van der Waals surface area contributed by atoms with Crippen LogP contribution >= 0.6 is 0 Å². The molecular formula is C39H53N5O5. The van der Waals surface area contributed by atoms with E-state index in [4.69, 9.17) is 4.74 Å². The van der Waals surface area contributed by atoms with E-state index in [0.717, 1.165) is 29.8 Å². The molecule has 2 heterocycles. The summed E-state index contributed by atoms with van der Waals surface area (Å²) in [7, 11) is 0. The molecule has 4 rings (SSSR count). The number of likely N-dealkylation sites (tertiary alicyclic amines) is 1. The lowest BCUT2D eigenvalue weighted by Crippen LogP contribution is -2.54. The number of amides is 3. The van der Waals surface area contributed by atoms with Gasteiger partial charge < -0.3 is 30.4 Å². The number of carbonyl (C=O) groups is 3. The molecule has 10 heteroatoms. The van der Waals surface area contributed by atoms with Crippen molar-refractivity contribution in [3.8, 4) is 0 Å². The zero-order valence-electron chi connectivity index (χ0n) is 29.5. The summed E-state index contributed by atoms with van der Waals surface area (Å²) in [6, 6.07) is 17.9. The van der Waals surface area contributed by atoms with Gasteiger partial charge >= 0.3 is 6.09 Å². The third-order valence-electron chi connectivity index (χ3n) is 8.84. The Hall–Kier alpha value is -4.44. The Kier molecular flexibility index (Phi) is 13.6. The minimum absolute atomic E-state index is 0.0613. The molecule has 3 unspecified atom stereocenters. The van der Waals surface area contributed by atoms with Crippen LogP contribution in [0.4, 0.5) is 4.79 Å². The van der Waals surface area contributed by atoms with Crippen molar-refractivity contribution >= 4 is 24.0 Å². The van der Waals surface area contributed by atoms with Gasteiger partial charge in [0.1, 0.15) is 17.5 Å². The summed E-state index contributed by atoms with van der Waals surface area (Å²) in [6.07, 6.45) is 8.04. The van der Waals surface area contributed by atoms with Crippen LogP contribution in [0.1, 0.15) is 83.2 Å². The third-order valence-corrected chi connectivity index (χ3v) is 8.84. The highest BCUT2D eigenvalue weighted by atomic mass is 16.6. The van der Waals surface area contributed by atoms with E-state index in [9.17, 15) is 19.5 Å². The van der Waals surface area contributed by atoms with Crippen LogP contribution in [0.25, 0.3) is 6.08 Å². The number of imidazole rings is 1. The highest BCUT2D eigenvalue weighted by Gasteiger charge is 2.35. The van der Waals surface area contributed by atoms with Crippen LogP contribution in [-0.2, 0) is 20.7 Å². The topological polar surface area (TPSA) is 137 Å². The minimum atomic E-state index is -1.08. The number of hydrogen-bond donors (Lipinski definition) is 4. The predicted molar refractivity (Wildman–Crippen MR) is 191 cm³/mol. The highest BCUT2D eigenvalue weighted by Crippen LogP contribution is 2.27. The number of aliphatic hydroxyl groups is 1. The van der Waals surface area contributed by atoms with Crippen LogP contribution < -0.4 is 10.6 Å². The summed E-state index contributed by atoms with van der Waals surface area (Å²) in [4.78, 5) is 50.2. The Labute approximate surface area is 290 Å². The standard InChI is InChI=1S/C39H53N5O5/c1-27(2)34(37(47)44-23-19-30(20-24-44)35-40-21-22-41-35)43-36(46)31(18-12-17-28-13-8-6-9-14-28)26-33(45)32(25-29-15-10-7-11-16-29)42-38(48)49-39(3,4)5/h6-17,21-22,27,30-34,45H,18-20,23-26H2,1-5H3,(H,40,41)(H,42,48)(H,43,46)/t31?,32?,33?,34-/m0/s1. The molecule has 0 spiro atoms. The monoisotopic (exact) mass is 671 g/mol. The van der Waals surface area contributed by atoms with Gasteiger partial charge in [-0.15, -0.1) is 0 Å². The Bertz CT molecular complexity index is 1480. The number of ether oxygens (including phenoxy) is 1. The first-order valence-corrected chi connectivity index (χ1v) is 17.4. The molecule has 10 nitrogen and oxygen atoms in total. The number of aromatic nitrogens is 2. The summed E-state index contributed by atoms with van der Waals surface area (Å²) in [6.45, 7) is 10.4. The fraction of sp³-hybridized carbons (Fsp3) is 0.487. The Morgan fingerprint density at radius 3 is 2.27 bits per heavy atom. The number of aliphatic hydroxyl groups excluding tert-OH is 1. The molecule has 4 atom stereocenters. The van der Waals surface area contributed by atoms with Gasteiger partial charge in [-0.1, -0.05) is 86.7 Å². The number of carbonyl (C=O) groups excluding carboxylic acids is 3. The molecule has 1 aromatic heterocycles. The number of H-pyrrole nitrogens is 1.